The predicted molar refractivity (Wildman–Crippen MR) is 135 cm³/mol. The van der Waals surface area contributed by atoms with Gasteiger partial charge in [-0.1, -0.05) is 0 Å². The van der Waals surface area contributed by atoms with E-state index in [0.717, 1.165) is 50.7 Å². The second kappa shape index (κ2) is 12.7. The van der Waals surface area contributed by atoms with Gasteiger partial charge in [-0.25, -0.2) is 14.8 Å². The molecule has 9 heteroatoms. The van der Waals surface area contributed by atoms with Gasteiger partial charge in [0.1, 0.15) is 5.60 Å². The van der Waals surface area contributed by atoms with Crippen LogP contribution < -0.4 is 5.32 Å². The normalized spacial score (nSPS) is 15.5. The van der Waals surface area contributed by atoms with Gasteiger partial charge >= 0.3 is 6.09 Å². The maximum absolute atomic E-state index is 12.4. The number of piperidine rings is 1. The number of halogens is 1. The minimum Gasteiger partial charge on any atom is -0.444 e. The number of aliphatic imine (C=N–C) groups is 1. The molecule has 2 rings (SSSR count). The number of nitrogens with zero attached hydrogens (tertiary/aromatic N) is 4. The molecule has 0 spiro atoms. The molecule has 1 aromatic heterocycles. The van der Waals surface area contributed by atoms with Crippen LogP contribution in [0, 0.1) is 12.8 Å². The van der Waals surface area contributed by atoms with E-state index < -0.39 is 5.60 Å². The Hall–Kier alpha value is -1.10. The molecule has 2 heterocycles. The zero-order valence-electron chi connectivity index (χ0n) is 19.2. The number of aryl methyl sites for hydroxylation is 1. The number of guanidine groups is 1. The predicted octanol–water partition coefficient (Wildman–Crippen LogP) is 4.50. The molecule has 0 atom stereocenters. The molecule has 172 valence electrons. The van der Waals surface area contributed by atoms with Gasteiger partial charge in [-0.15, -0.1) is 35.3 Å². The number of thiazole rings is 1. The number of carbonyl (C=O) groups is 1. The van der Waals surface area contributed by atoms with Gasteiger partial charge in [0.25, 0.3) is 0 Å². The van der Waals surface area contributed by atoms with Crippen molar-refractivity contribution in [3.8, 4) is 0 Å². The second-order valence-electron chi connectivity index (χ2n) is 8.48. The summed E-state index contributed by atoms with van der Waals surface area (Å²) in [5, 5.41) is 3.42. The molecule has 1 amide bonds. The molecular formula is C21H38IN5O2S. The SMILES string of the molecule is CCNC(=NCc1scnc1C)N1CCC(CN(CC)C(=O)OC(C)(C)C)CC1.I. The summed E-state index contributed by atoms with van der Waals surface area (Å²) in [6.45, 7) is 16.7. The van der Waals surface area contributed by atoms with E-state index in [-0.39, 0.29) is 30.1 Å². The summed E-state index contributed by atoms with van der Waals surface area (Å²) in [5.41, 5.74) is 2.49. The molecular weight excluding hydrogens is 513 g/mol. The lowest BCUT2D eigenvalue weighted by atomic mass is 9.96. The van der Waals surface area contributed by atoms with E-state index in [1.165, 1.54) is 4.88 Å². The Kier molecular flexibility index (Phi) is 11.4. The molecule has 0 aromatic carbocycles. The molecule has 0 unspecified atom stereocenters. The Bertz CT molecular complexity index is 681. The third-order valence-corrected chi connectivity index (χ3v) is 5.90. The summed E-state index contributed by atoms with van der Waals surface area (Å²) in [5.74, 6) is 1.46. The van der Waals surface area contributed by atoms with Crippen LogP contribution in [-0.4, -0.2) is 65.2 Å². The van der Waals surface area contributed by atoms with Crippen LogP contribution in [0.5, 0.6) is 0 Å². The molecule has 0 radical (unpaired) electrons. The fourth-order valence-electron chi connectivity index (χ4n) is 3.35. The van der Waals surface area contributed by atoms with Crippen molar-refractivity contribution >= 4 is 47.4 Å². The Morgan fingerprint density at radius 1 is 1.37 bits per heavy atom. The van der Waals surface area contributed by atoms with Crippen LogP contribution in [0.2, 0.25) is 0 Å². The Balaban J connectivity index is 0.00000450. The highest BCUT2D eigenvalue weighted by Gasteiger charge is 2.27. The van der Waals surface area contributed by atoms with Crippen LogP contribution in [-0.2, 0) is 11.3 Å². The number of amides is 1. The first-order valence-corrected chi connectivity index (χ1v) is 11.5. The molecule has 1 fully saturated rings. The molecule has 1 aromatic rings. The molecule has 30 heavy (non-hydrogen) atoms. The molecule has 0 aliphatic carbocycles. The van der Waals surface area contributed by atoms with Crippen molar-refractivity contribution in [1.82, 2.24) is 20.1 Å². The standard InChI is InChI=1S/C21H37N5O2S.HI/c1-7-22-19(23-13-18-16(3)24-15-29-18)26-11-9-17(10-12-26)14-25(8-2)20(27)28-21(4,5)6;/h15,17H,7-14H2,1-6H3,(H,22,23);1H. The molecule has 1 saturated heterocycles. The number of ether oxygens (including phenoxy) is 1. The number of rotatable bonds is 6. The summed E-state index contributed by atoms with van der Waals surface area (Å²) in [7, 11) is 0. The number of likely N-dealkylation sites (tertiary alicyclic amines) is 1. The van der Waals surface area contributed by atoms with Crippen molar-refractivity contribution in [3.05, 3.63) is 16.1 Å². The van der Waals surface area contributed by atoms with Crippen molar-refractivity contribution in [2.45, 2.75) is 66.5 Å². The number of carbonyl (C=O) groups excluding carboxylic acids is 1. The van der Waals surface area contributed by atoms with Crippen LogP contribution in [0.1, 0.15) is 58.0 Å². The quantitative estimate of drug-likeness (QED) is 0.320. The largest absolute Gasteiger partial charge is 0.444 e. The monoisotopic (exact) mass is 551 g/mol. The van der Waals surface area contributed by atoms with E-state index in [9.17, 15) is 4.79 Å². The summed E-state index contributed by atoms with van der Waals surface area (Å²) in [6.07, 6.45) is 1.88. The fourth-order valence-corrected chi connectivity index (χ4v) is 4.05. The number of hydrogen-bond donors (Lipinski definition) is 1. The molecule has 1 aliphatic heterocycles. The van der Waals surface area contributed by atoms with Gasteiger partial charge in [-0.3, -0.25) is 0 Å². The first-order chi connectivity index (χ1) is 13.7. The lowest BCUT2D eigenvalue weighted by molar-refractivity contribution is 0.0214. The number of hydrogen-bond acceptors (Lipinski definition) is 5. The maximum atomic E-state index is 12.4. The lowest BCUT2D eigenvalue weighted by Crippen LogP contribution is -2.47. The van der Waals surface area contributed by atoms with E-state index >= 15 is 0 Å². The van der Waals surface area contributed by atoms with E-state index in [2.05, 4.69) is 22.1 Å². The van der Waals surface area contributed by atoms with Crippen LogP contribution in [0.3, 0.4) is 0 Å². The highest BCUT2D eigenvalue weighted by atomic mass is 127. The minimum absolute atomic E-state index is 0. The number of nitrogens with one attached hydrogen (secondary N) is 1. The summed E-state index contributed by atoms with van der Waals surface area (Å²) >= 11 is 1.66. The van der Waals surface area contributed by atoms with Gasteiger partial charge in [0, 0.05) is 37.6 Å². The van der Waals surface area contributed by atoms with Crippen molar-refractivity contribution in [2.24, 2.45) is 10.9 Å². The zero-order valence-corrected chi connectivity index (χ0v) is 22.4. The zero-order chi connectivity index (χ0) is 21.4. The fraction of sp³-hybridized carbons (Fsp3) is 0.762. The van der Waals surface area contributed by atoms with E-state index in [4.69, 9.17) is 9.73 Å². The first-order valence-electron chi connectivity index (χ1n) is 10.6. The highest BCUT2D eigenvalue weighted by Crippen LogP contribution is 2.21. The van der Waals surface area contributed by atoms with Gasteiger partial charge in [0.05, 0.1) is 17.7 Å². The minimum atomic E-state index is -0.457. The average Bonchev–Trinajstić information content (AvgIpc) is 3.07. The maximum Gasteiger partial charge on any atom is 0.410 e. The molecule has 1 N–H and O–H groups in total. The van der Waals surface area contributed by atoms with Crippen molar-refractivity contribution < 1.29 is 9.53 Å². The van der Waals surface area contributed by atoms with Gasteiger partial charge in [-0.2, -0.15) is 0 Å². The molecule has 1 aliphatic rings. The third kappa shape index (κ3) is 8.56. The van der Waals surface area contributed by atoms with Crippen molar-refractivity contribution in [1.29, 1.82) is 0 Å². The van der Waals surface area contributed by atoms with Crippen LogP contribution >= 0.6 is 35.3 Å². The van der Waals surface area contributed by atoms with E-state index in [1.807, 2.05) is 45.0 Å². The lowest BCUT2D eigenvalue weighted by Gasteiger charge is -2.36. The first kappa shape index (κ1) is 26.9. The number of aromatic nitrogens is 1. The second-order valence-corrected chi connectivity index (χ2v) is 9.42. The smallest absolute Gasteiger partial charge is 0.410 e. The van der Waals surface area contributed by atoms with E-state index in [0.29, 0.717) is 19.0 Å². The topological polar surface area (TPSA) is 70.1 Å². The molecule has 0 saturated carbocycles. The molecule has 0 bridgehead atoms. The van der Waals surface area contributed by atoms with Gasteiger partial charge in [-0.05, 0) is 60.3 Å². The van der Waals surface area contributed by atoms with Gasteiger partial charge < -0.3 is 19.9 Å². The van der Waals surface area contributed by atoms with Crippen LogP contribution in [0.15, 0.2) is 10.5 Å². The van der Waals surface area contributed by atoms with Gasteiger partial charge in [0.2, 0.25) is 0 Å². The van der Waals surface area contributed by atoms with Crippen molar-refractivity contribution in [2.75, 3.05) is 32.7 Å². The molecule has 7 nitrogen and oxygen atoms in total. The Morgan fingerprint density at radius 3 is 2.53 bits per heavy atom. The Labute approximate surface area is 202 Å². The van der Waals surface area contributed by atoms with Gasteiger partial charge in [0.15, 0.2) is 5.96 Å². The Morgan fingerprint density at radius 2 is 2.03 bits per heavy atom. The van der Waals surface area contributed by atoms with Crippen LogP contribution in [0.25, 0.3) is 0 Å². The van der Waals surface area contributed by atoms with E-state index in [1.54, 1.807) is 11.3 Å². The summed E-state index contributed by atoms with van der Waals surface area (Å²) in [6, 6.07) is 0. The van der Waals surface area contributed by atoms with Crippen LogP contribution in [0.4, 0.5) is 4.79 Å². The summed E-state index contributed by atoms with van der Waals surface area (Å²) in [4.78, 5) is 26.9. The van der Waals surface area contributed by atoms with Crippen molar-refractivity contribution in [3.63, 3.8) is 0 Å². The average molecular weight is 552 g/mol. The third-order valence-electron chi connectivity index (χ3n) is 4.98. The summed E-state index contributed by atoms with van der Waals surface area (Å²) < 4.78 is 5.54. The highest BCUT2D eigenvalue weighted by molar-refractivity contribution is 14.0.